The van der Waals surface area contributed by atoms with Gasteiger partial charge >= 0.3 is 0 Å². The first-order valence-electron chi connectivity index (χ1n) is 8.99. The Balaban J connectivity index is 1.78. The molecule has 3 rings (SSSR count). The van der Waals surface area contributed by atoms with Gasteiger partial charge in [0.2, 0.25) is 11.9 Å². The Morgan fingerprint density at radius 1 is 1.17 bits per heavy atom. The van der Waals surface area contributed by atoms with Crippen LogP contribution >= 0.6 is 0 Å². The van der Waals surface area contributed by atoms with Crippen molar-refractivity contribution in [2.75, 3.05) is 36.4 Å². The lowest BCUT2D eigenvalue weighted by atomic mass is 9.92. The Morgan fingerprint density at radius 2 is 1.83 bits per heavy atom. The lowest BCUT2D eigenvalue weighted by Gasteiger charge is -2.39. The van der Waals surface area contributed by atoms with E-state index in [0.29, 0.717) is 0 Å². The summed E-state index contributed by atoms with van der Waals surface area (Å²) in [6.07, 6.45) is 3.72. The number of nitrogens with one attached hydrogen (secondary N) is 1. The SMILES string of the molecule is CC(=O)N1CC(Nc2cc(C(C)(C)C)nc(N3CCCCC3)n2)C1. The summed E-state index contributed by atoms with van der Waals surface area (Å²) in [6, 6.07) is 2.34. The normalized spacial score (nSPS) is 19.2. The first-order valence-corrected chi connectivity index (χ1v) is 8.99. The Morgan fingerprint density at radius 3 is 2.42 bits per heavy atom. The molecule has 24 heavy (non-hydrogen) atoms. The molecule has 0 saturated carbocycles. The molecule has 2 aliphatic rings. The average molecular weight is 331 g/mol. The maximum absolute atomic E-state index is 11.3. The summed E-state index contributed by atoms with van der Waals surface area (Å²) in [7, 11) is 0. The van der Waals surface area contributed by atoms with Gasteiger partial charge in [-0.2, -0.15) is 4.98 Å². The van der Waals surface area contributed by atoms with E-state index in [0.717, 1.165) is 43.6 Å². The first kappa shape index (κ1) is 17.0. The maximum Gasteiger partial charge on any atom is 0.227 e. The average Bonchev–Trinajstić information content (AvgIpc) is 2.50. The molecule has 2 fully saturated rings. The van der Waals surface area contributed by atoms with E-state index in [2.05, 4.69) is 37.1 Å². The summed E-state index contributed by atoms with van der Waals surface area (Å²) >= 11 is 0. The number of anilines is 2. The minimum absolute atomic E-state index is 0.0189. The summed E-state index contributed by atoms with van der Waals surface area (Å²) in [5.74, 6) is 1.86. The van der Waals surface area contributed by atoms with Crippen molar-refractivity contribution in [3.8, 4) is 0 Å². The van der Waals surface area contributed by atoms with E-state index >= 15 is 0 Å². The van der Waals surface area contributed by atoms with Crippen LogP contribution in [0.4, 0.5) is 11.8 Å². The van der Waals surface area contributed by atoms with Crippen LogP contribution in [0.1, 0.15) is 52.7 Å². The summed E-state index contributed by atoms with van der Waals surface area (Å²) in [5, 5.41) is 3.48. The van der Waals surface area contributed by atoms with Crippen LogP contribution in [0.2, 0.25) is 0 Å². The van der Waals surface area contributed by atoms with E-state index < -0.39 is 0 Å². The third kappa shape index (κ3) is 3.79. The van der Waals surface area contributed by atoms with Crippen molar-refractivity contribution < 1.29 is 4.79 Å². The topological polar surface area (TPSA) is 61.4 Å². The van der Waals surface area contributed by atoms with Gasteiger partial charge in [0.05, 0.1) is 11.7 Å². The van der Waals surface area contributed by atoms with Crippen LogP contribution in [0.5, 0.6) is 0 Å². The third-order valence-electron chi connectivity index (χ3n) is 4.80. The van der Waals surface area contributed by atoms with Gasteiger partial charge in [-0.05, 0) is 19.3 Å². The van der Waals surface area contributed by atoms with E-state index in [1.165, 1.54) is 19.3 Å². The molecule has 0 spiro atoms. The van der Waals surface area contributed by atoms with Gasteiger partial charge in [-0.25, -0.2) is 4.98 Å². The predicted octanol–water partition coefficient (Wildman–Crippen LogP) is 2.41. The molecule has 0 aliphatic carbocycles. The van der Waals surface area contributed by atoms with Crippen LogP contribution < -0.4 is 10.2 Å². The van der Waals surface area contributed by atoms with Crippen LogP contribution in [-0.4, -0.2) is 53.0 Å². The number of hydrogen-bond donors (Lipinski definition) is 1. The van der Waals surface area contributed by atoms with Crippen molar-refractivity contribution >= 4 is 17.7 Å². The number of piperidine rings is 1. The summed E-state index contributed by atoms with van der Waals surface area (Å²) in [4.78, 5) is 25.1. The third-order valence-corrected chi connectivity index (χ3v) is 4.80. The van der Waals surface area contributed by atoms with Gasteiger partial charge in [0.25, 0.3) is 0 Å². The molecule has 132 valence electrons. The van der Waals surface area contributed by atoms with Crippen molar-refractivity contribution in [1.82, 2.24) is 14.9 Å². The zero-order valence-electron chi connectivity index (χ0n) is 15.3. The van der Waals surface area contributed by atoms with Crippen LogP contribution in [0, 0.1) is 0 Å². The Hall–Kier alpha value is -1.85. The summed E-state index contributed by atoms with van der Waals surface area (Å²) < 4.78 is 0. The molecule has 0 unspecified atom stereocenters. The molecule has 6 nitrogen and oxygen atoms in total. The molecule has 1 amide bonds. The van der Waals surface area contributed by atoms with Crippen molar-refractivity contribution in [2.24, 2.45) is 0 Å². The van der Waals surface area contributed by atoms with Crippen LogP contribution in [0.3, 0.4) is 0 Å². The fourth-order valence-corrected chi connectivity index (χ4v) is 3.16. The summed E-state index contributed by atoms with van der Waals surface area (Å²) in [5.41, 5.74) is 1.04. The highest BCUT2D eigenvalue weighted by Gasteiger charge is 2.29. The molecule has 1 N–H and O–H groups in total. The fraction of sp³-hybridized carbons (Fsp3) is 0.722. The summed E-state index contributed by atoms with van der Waals surface area (Å²) in [6.45, 7) is 11.7. The molecular weight excluding hydrogens is 302 g/mol. The molecule has 6 heteroatoms. The number of rotatable bonds is 3. The minimum Gasteiger partial charge on any atom is -0.364 e. The molecule has 3 heterocycles. The highest BCUT2D eigenvalue weighted by Crippen LogP contribution is 2.27. The highest BCUT2D eigenvalue weighted by atomic mass is 16.2. The minimum atomic E-state index is -0.0189. The number of carbonyl (C=O) groups excluding carboxylic acids is 1. The lowest BCUT2D eigenvalue weighted by Crippen LogP contribution is -2.56. The Labute approximate surface area is 144 Å². The highest BCUT2D eigenvalue weighted by molar-refractivity contribution is 5.74. The number of likely N-dealkylation sites (tertiary alicyclic amines) is 1. The molecule has 0 bridgehead atoms. The monoisotopic (exact) mass is 331 g/mol. The number of aromatic nitrogens is 2. The fourth-order valence-electron chi connectivity index (χ4n) is 3.16. The smallest absolute Gasteiger partial charge is 0.227 e. The van der Waals surface area contributed by atoms with Crippen molar-refractivity contribution in [3.05, 3.63) is 11.8 Å². The molecule has 2 saturated heterocycles. The second kappa shape index (κ2) is 6.57. The van der Waals surface area contributed by atoms with Crippen molar-refractivity contribution in [1.29, 1.82) is 0 Å². The number of carbonyl (C=O) groups is 1. The Bertz CT molecular complexity index is 598. The van der Waals surface area contributed by atoms with Gasteiger partial charge in [0.15, 0.2) is 0 Å². The molecule has 1 aromatic heterocycles. The van der Waals surface area contributed by atoms with Gasteiger partial charge in [-0.3, -0.25) is 4.79 Å². The quantitative estimate of drug-likeness (QED) is 0.921. The zero-order chi connectivity index (χ0) is 17.3. The van der Waals surface area contributed by atoms with E-state index in [-0.39, 0.29) is 17.4 Å². The molecule has 0 aromatic carbocycles. The van der Waals surface area contributed by atoms with Gasteiger partial charge in [-0.1, -0.05) is 20.8 Å². The van der Waals surface area contributed by atoms with Crippen molar-refractivity contribution in [2.45, 2.75) is 58.4 Å². The Kier molecular flexibility index (Phi) is 4.65. The van der Waals surface area contributed by atoms with E-state index in [4.69, 9.17) is 9.97 Å². The molecular formula is C18H29N5O. The van der Waals surface area contributed by atoms with E-state index in [1.807, 2.05) is 4.90 Å². The van der Waals surface area contributed by atoms with Gasteiger partial charge in [0.1, 0.15) is 5.82 Å². The molecule has 0 radical (unpaired) electrons. The number of amides is 1. The van der Waals surface area contributed by atoms with Gasteiger partial charge < -0.3 is 15.1 Å². The van der Waals surface area contributed by atoms with Crippen molar-refractivity contribution in [3.63, 3.8) is 0 Å². The molecule has 1 aromatic rings. The van der Waals surface area contributed by atoms with Gasteiger partial charge in [0, 0.05) is 44.6 Å². The predicted molar refractivity (Wildman–Crippen MR) is 96.5 cm³/mol. The first-order chi connectivity index (χ1) is 11.3. The molecule has 2 aliphatic heterocycles. The van der Waals surface area contributed by atoms with Gasteiger partial charge in [-0.15, -0.1) is 0 Å². The maximum atomic E-state index is 11.3. The van der Waals surface area contributed by atoms with Crippen LogP contribution in [0.15, 0.2) is 6.07 Å². The molecule has 0 atom stereocenters. The standard InChI is InChI=1S/C18H29N5O/c1-13(24)23-11-14(12-23)19-16-10-15(18(2,3)4)20-17(21-16)22-8-6-5-7-9-22/h10,14H,5-9,11-12H2,1-4H3,(H,19,20,21). The number of nitrogens with zero attached hydrogens (tertiary/aromatic N) is 4. The van der Waals surface area contributed by atoms with Crippen LogP contribution in [0.25, 0.3) is 0 Å². The van der Waals surface area contributed by atoms with Crippen LogP contribution in [-0.2, 0) is 10.2 Å². The lowest BCUT2D eigenvalue weighted by molar-refractivity contribution is -0.132. The zero-order valence-corrected chi connectivity index (χ0v) is 15.3. The largest absolute Gasteiger partial charge is 0.364 e. The second-order valence-corrected chi connectivity index (χ2v) is 8.00. The van der Waals surface area contributed by atoms with E-state index in [1.54, 1.807) is 6.92 Å². The number of hydrogen-bond acceptors (Lipinski definition) is 5. The van der Waals surface area contributed by atoms with E-state index in [9.17, 15) is 4.79 Å². The second-order valence-electron chi connectivity index (χ2n) is 8.00.